The average molecular weight is 513 g/mol. The van der Waals surface area contributed by atoms with Gasteiger partial charge in [0.25, 0.3) is 0 Å². The topological polar surface area (TPSA) is 73.9 Å². The third kappa shape index (κ3) is 3.84. The first-order chi connectivity index (χ1) is 19.7. The molecule has 0 radical (unpaired) electrons. The van der Waals surface area contributed by atoms with Crippen LogP contribution in [0.5, 0.6) is 0 Å². The summed E-state index contributed by atoms with van der Waals surface area (Å²) in [5.74, 6) is 1.49. The molecule has 7 rings (SSSR count). The van der Waals surface area contributed by atoms with Gasteiger partial charge >= 0.3 is 0 Å². The van der Waals surface area contributed by atoms with Crippen molar-refractivity contribution in [3.05, 3.63) is 132 Å². The van der Waals surface area contributed by atoms with Gasteiger partial charge in [0.1, 0.15) is 22.7 Å². The predicted octanol–water partition coefficient (Wildman–Crippen LogP) is 9.59. The van der Waals surface area contributed by atoms with E-state index in [1.165, 1.54) is 0 Å². The van der Waals surface area contributed by atoms with Crippen molar-refractivity contribution in [2.75, 3.05) is 0 Å². The molecule has 186 valence electrons. The Morgan fingerprint density at radius 3 is 1.20 bits per heavy atom. The molecule has 4 nitrogen and oxygen atoms in total. The highest BCUT2D eigenvalue weighted by Gasteiger charge is 2.23. The summed E-state index contributed by atoms with van der Waals surface area (Å²) in [4.78, 5) is 0. The van der Waals surface area contributed by atoms with Crippen LogP contribution in [0.25, 0.3) is 66.8 Å². The first-order valence-electron chi connectivity index (χ1n) is 12.9. The minimum Gasteiger partial charge on any atom is -0.455 e. The number of hydrogen-bond donors (Lipinski definition) is 0. The summed E-state index contributed by atoms with van der Waals surface area (Å²) in [5, 5.41) is 20.5. The second-order valence-electron chi connectivity index (χ2n) is 9.57. The molecule has 0 N–H and O–H groups in total. The minimum absolute atomic E-state index is 0.599. The van der Waals surface area contributed by atoms with E-state index in [4.69, 9.17) is 8.83 Å². The van der Waals surface area contributed by atoms with Crippen molar-refractivity contribution in [3.8, 4) is 57.0 Å². The molecule has 0 aliphatic carbocycles. The lowest BCUT2D eigenvalue weighted by atomic mass is 9.95. The molecule has 2 aromatic heterocycles. The van der Waals surface area contributed by atoms with Crippen molar-refractivity contribution in [2.24, 2.45) is 0 Å². The largest absolute Gasteiger partial charge is 0.455 e. The summed E-state index contributed by atoms with van der Waals surface area (Å²) in [6, 6.07) is 43.8. The Hall–Kier alpha value is -5.84. The summed E-state index contributed by atoms with van der Waals surface area (Å²) in [5.41, 5.74) is 8.47. The number of rotatable bonds is 4. The van der Waals surface area contributed by atoms with Crippen molar-refractivity contribution in [1.82, 2.24) is 0 Å². The summed E-state index contributed by atoms with van der Waals surface area (Å²) < 4.78 is 13.1. The van der Waals surface area contributed by atoms with Gasteiger partial charge in [0.05, 0.1) is 23.3 Å². The molecular weight excluding hydrogens is 492 g/mol. The van der Waals surface area contributed by atoms with Crippen LogP contribution in [0.2, 0.25) is 0 Å². The van der Waals surface area contributed by atoms with E-state index in [-0.39, 0.29) is 0 Å². The fourth-order valence-electron chi connectivity index (χ4n) is 5.27. The second-order valence-corrected chi connectivity index (χ2v) is 9.57. The van der Waals surface area contributed by atoms with Crippen LogP contribution < -0.4 is 0 Å². The van der Waals surface area contributed by atoms with Gasteiger partial charge in [0, 0.05) is 39.1 Å². The van der Waals surface area contributed by atoms with E-state index >= 15 is 0 Å². The Morgan fingerprint density at radius 2 is 0.825 bits per heavy atom. The molecule has 0 aliphatic rings. The Balaban J connectivity index is 1.54. The Morgan fingerprint density at radius 1 is 0.425 bits per heavy atom. The molecular formula is C36H20N2O2. The standard InChI is InChI=1S/C36H20N2O2/c37-21-23-11-15-27(16-12-23)35-33(25-7-3-1-4-8-25)29-19-30-32(20-31(29)39-35)40-36(28-17-13-24(22-38)14-18-28)34(30)26-9-5-2-6-10-26/h1-20H. The molecule has 2 heterocycles. The van der Waals surface area contributed by atoms with Crippen LogP contribution in [0.1, 0.15) is 11.1 Å². The van der Waals surface area contributed by atoms with E-state index < -0.39 is 0 Å². The Kier molecular flexibility index (Phi) is 5.52. The van der Waals surface area contributed by atoms with Crippen LogP contribution in [0.4, 0.5) is 0 Å². The van der Waals surface area contributed by atoms with Crippen molar-refractivity contribution in [1.29, 1.82) is 10.5 Å². The first-order valence-corrected chi connectivity index (χ1v) is 12.9. The van der Waals surface area contributed by atoms with E-state index in [0.29, 0.717) is 22.3 Å². The molecule has 0 atom stereocenters. The smallest absolute Gasteiger partial charge is 0.143 e. The molecule has 0 fully saturated rings. The van der Waals surface area contributed by atoms with Crippen LogP contribution in [0, 0.1) is 22.7 Å². The fourth-order valence-corrected chi connectivity index (χ4v) is 5.27. The quantitative estimate of drug-likeness (QED) is 0.235. The third-order valence-electron chi connectivity index (χ3n) is 7.18. The lowest BCUT2D eigenvalue weighted by Gasteiger charge is -2.05. The maximum absolute atomic E-state index is 9.28. The lowest BCUT2D eigenvalue weighted by Crippen LogP contribution is -1.83. The fraction of sp³-hybridized carbons (Fsp3) is 0. The molecule has 5 aromatic carbocycles. The summed E-state index contributed by atoms with van der Waals surface area (Å²) in [6.45, 7) is 0. The first kappa shape index (κ1) is 23.3. The van der Waals surface area contributed by atoms with E-state index in [1.807, 2.05) is 66.7 Å². The highest BCUT2D eigenvalue weighted by atomic mass is 16.3. The van der Waals surface area contributed by atoms with Crippen LogP contribution in [0.3, 0.4) is 0 Å². The number of nitrogens with zero attached hydrogens (tertiary/aromatic N) is 2. The Labute approximate surface area is 230 Å². The van der Waals surface area contributed by atoms with Crippen molar-refractivity contribution in [3.63, 3.8) is 0 Å². The molecule has 0 aliphatic heterocycles. The third-order valence-corrected chi connectivity index (χ3v) is 7.18. The zero-order valence-electron chi connectivity index (χ0n) is 21.3. The van der Waals surface area contributed by atoms with E-state index in [1.54, 1.807) is 24.3 Å². The molecule has 0 bridgehead atoms. The zero-order valence-corrected chi connectivity index (χ0v) is 21.3. The van der Waals surface area contributed by atoms with Gasteiger partial charge in [-0.2, -0.15) is 10.5 Å². The monoisotopic (exact) mass is 512 g/mol. The average Bonchev–Trinajstić information content (AvgIpc) is 3.59. The van der Waals surface area contributed by atoms with Gasteiger partial charge in [-0.1, -0.05) is 60.7 Å². The van der Waals surface area contributed by atoms with E-state index in [2.05, 4.69) is 42.5 Å². The zero-order chi connectivity index (χ0) is 27.1. The van der Waals surface area contributed by atoms with Crippen LogP contribution in [0.15, 0.2) is 130 Å². The number of nitriles is 2. The Bertz CT molecular complexity index is 1940. The molecule has 0 spiro atoms. The number of benzene rings is 5. The number of fused-ring (bicyclic) bond motifs is 2. The maximum atomic E-state index is 9.28. The van der Waals surface area contributed by atoms with E-state index in [9.17, 15) is 10.5 Å². The molecule has 7 aromatic rings. The van der Waals surface area contributed by atoms with Crippen LogP contribution in [-0.2, 0) is 0 Å². The molecule has 40 heavy (non-hydrogen) atoms. The molecule has 0 unspecified atom stereocenters. The van der Waals surface area contributed by atoms with E-state index in [0.717, 1.165) is 55.7 Å². The summed E-state index contributed by atoms with van der Waals surface area (Å²) in [6.07, 6.45) is 0. The molecule has 0 amide bonds. The van der Waals surface area contributed by atoms with Crippen molar-refractivity contribution < 1.29 is 8.83 Å². The van der Waals surface area contributed by atoms with Gasteiger partial charge in [-0.25, -0.2) is 0 Å². The predicted molar refractivity (Wildman–Crippen MR) is 157 cm³/mol. The van der Waals surface area contributed by atoms with Crippen molar-refractivity contribution in [2.45, 2.75) is 0 Å². The van der Waals surface area contributed by atoms with Crippen LogP contribution in [-0.4, -0.2) is 0 Å². The molecule has 0 saturated heterocycles. The molecule has 4 heteroatoms. The van der Waals surface area contributed by atoms with Crippen molar-refractivity contribution >= 4 is 21.9 Å². The van der Waals surface area contributed by atoms with Gasteiger partial charge in [-0.15, -0.1) is 0 Å². The number of furan rings is 2. The minimum atomic E-state index is 0.599. The van der Waals surface area contributed by atoms with Gasteiger partial charge in [0.15, 0.2) is 0 Å². The highest BCUT2D eigenvalue weighted by molar-refractivity contribution is 6.11. The highest BCUT2D eigenvalue weighted by Crippen LogP contribution is 2.46. The van der Waals surface area contributed by atoms with Gasteiger partial charge < -0.3 is 8.83 Å². The summed E-state index contributed by atoms with van der Waals surface area (Å²) >= 11 is 0. The van der Waals surface area contributed by atoms with Gasteiger partial charge in [-0.05, 0) is 65.7 Å². The SMILES string of the molecule is N#Cc1ccc(-c2oc3cc4oc(-c5ccc(C#N)cc5)c(-c5ccccc5)c4cc3c2-c2ccccc2)cc1. The number of hydrogen-bond acceptors (Lipinski definition) is 4. The molecule has 0 saturated carbocycles. The summed E-state index contributed by atoms with van der Waals surface area (Å²) in [7, 11) is 0. The van der Waals surface area contributed by atoms with Crippen LogP contribution >= 0.6 is 0 Å². The van der Waals surface area contributed by atoms with Gasteiger partial charge in [0.2, 0.25) is 0 Å². The maximum Gasteiger partial charge on any atom is 0.143 e. The van der Waals surface area contributed by atoms with Gasteiger partial charge in [-0.3, -0.25) is 0 Å². The normalized spacial score (nSPS) is 10.9. The second kappa shape index (κ2) is 9.48. The lowest BCUT2D eigenvalue weighted by molar-refractivity contribution is 0.620.